The van der Waals surface area contributed by atoms with Gasteiger partial charge in [0.15, 0.2) is 13.9 Å². The van der Waals surface area contributed by atoms with E-state index in [1.54, 1.807) is 0 Å². The Hall–Kier alpha value is -2.98. The van der Waals surface area contributed by atoms with Crippen LogP contribution in [-0.2, 0) is 15.6 Å². The lowest BCUT2D eigenvalue weighted by molar-refractivity contribution is -0.103. The van der Waals surface area contributed by atoms with Crippen molar-refractivity contribution in [3.8, 4) is 0 Å². The second kappa shape index (κ2) is 9.58. The molecule has 0 spiro atoms. The Morgan fingerprint density at radius 3 is 1.09 bits per heavy atom. The van der Waals surface area contributed by atoms with Gasteiger partial charge in [-0.25, -0.2) is 0 Å². The maximum atomic E-state index is 13.3. The zero-order valence-electron chi connectivity index (χ0n) is 21.4. The zero-order valence-corrected chi connectivity index (χ0v) is 22.4. The zero-order chi connectivity index (χ0) is 25.2. The Morgan fingerprint density at radius 1 is 0.514 bits per heavy atom. The van der Waals surface area contributed by atoms with E-state index in [0.29, 0.717) is 0 Å². The van der Waals surface area contributed by atoms with Crippen LogP contribution in [0.3, 0.4) is 0 Å². The summed E-state index contributed by atoms with van der Waals surface area (Å²) in [6.07, 6.45) is 0. The van der Waals surface area contributed by atoms with E-state index < -0.39 is 19.5 Å². The number of rotatable bonds is 7. The van der Waals surface area contributed by atoms with Crippen LogP contribution in [0, 0.1) is 0 Å². The first kappa shape index (κ1) is 25.1. The summed E-state index contributed by atoms with van der Waals surface area (Å²) in [5.41, 5.74) is 0.724. The highest BCUT2D eigenvalue weighted by Gasteiger charge is 2.59. The van der Waals surface area contributed by atoms with Crippen molar-refractivity contribution in [3.63, 3.8) is 0 Å². The van der Waals surface area contributed by atoms with E-state index in [2.05, 4.69) is 58.1 Å². The molecule has 0 fully saturated rings. The topological polar surface area (TPSA) is 29.5 Å². The lowest BCUT2D eigenvalue weighted by Crippen LogP contribution is -2.59. The van der Waals surface area contributed by atoms with E-state index >= 15 is 0 Å². The summed E-state index contributed by atoms with van der Waals surface area (Å²) in [5, 5.41) is 13.2. The van der Waals surface area contributed by atoms with Gasteiger partial charge in [0.25, 0.3) is 0 Å². The Morgan fingerprint density at radius 2 is 0.800 bits per heavy atom. The minimum atomic E-state index is -2.44. The van der Waals surface area contributed by atoms with Gasteiger partial charge in [0.2, 0.25) is 0 Å². The predicted octanol–water partition coefficient (Wildman–Crippen LogP) is 7.89. The molecule has 4 aromatic rings. The van der Waals surface area contributed by atoms with Crippen molar-refractivity contribution in [2.24, 2.45) is 0 Å². The molecular weight excluding hydrogens is 444 g/mol. The van der Waals surface area contributed by atoms with Crippen molar-refractivity contribution < 1.29 is 9.53 Å². The Kier molecular flexibility index (Phi) is 6.87. The van der Waals surface area contributed by atoms with Gasteiger partial charge in [-0.05, 0) is 40.4 Å². The third-order valence-electron chi connectivity index (χ3n) is 7.47. The smallest absolute Gasteiger partial charge is 0.193 e. The highest BCUT2D eigenvalue weighted by molar-refractivity contribution is 6.74. The highest BCUT2D eigenvalue weighted by atomic mass is 28.4. The van der Waals surface area contributed by atoms with Crippen LogP contribution in [0.5, 0.6) is 0 Å². The van der Waals surface area contributed by atoms with E-state index in [-0.39, 0.29) is 5.04 Å². The SMILES string of the molecule is CC(C)(C)[Si](C)(C)OC(c1ccccc1)(c1ccccc1)C(O)(c1ccccc1)c1ccccc1. The van der Waals surface area contributed by atoms with Gasteiger partial charge >= 0.3 is 0 Å². The lowest BCUT2D eigenvalue weighted by atomic mass is 9.66. The molecule has 180 valence electrons. The number of benzene rings is 4. The molecular formula is C32H36O2Si. The summed E-state index contributed by atoms with van der Waals surface area (Å²) < 4.78 is 7.53. The van der Waals surface area contributed by atoms with E-state index in [4.69, 9.17) is 4.43 Å². The van der Waals surface area contributed by atoms with Crippen LogP contribution in [-0.4, -0.2) is 13.4 Å². The van der Waals surface area contributed by atoms with Gasteiger partial charge in [0.05, 0.1) is 0 Å². The fourth-order valence-electron chi connectivity index (χ4n) is 4.59. The quantitative estimate of drug-likeness (QED) is 0.273. The maximum absolute atomic E-state index is 13.3. The molecule has 1 N–H and O–H groups in total. The van der Waals surface area contributed by atoms with Gasteiger partial charge in [0.1, 0.15) is 5.60 Å². The van der Waals surface area contributed by atoms with Crippen LogP contribution < -0.4 is 0 Å². The Bertz CT molecular complexity index is 1140. The molecule has 0 saturated heterocycles. The first-order valence-corrected chi connectivity index (χ1v) is 15.2. The summed E-state index contributed by atoms with van der Waals surface area (Å²) in [7, 11) is -2.44. The number of aliphatic hydroxyl groups is 1. The normalized spacial score (nSPS) is 13.0. The van der Waals surface area contributed by atoms with Gasteiger partial charge in [-0.2, -0.15) is 0 Å². The van der Waals surface area contributed by atoms with E-state index in [1.807, 2.05) is 97.1 Å². The van der Waals surface area contributed by atoms with E-state index in [0.717, 1.165) is 22.3 Å². The molecule has 2 nitrogen and oxygen atoms in total. The summed E-state index contributed by atoms with van der Waals surface area (Å²) >= 11 is 0. The average molecular weight is 481 g/mol. The van der Waals surface area contributed by atoms with Crippen LogP contribution in [0.4, 0.5) is 0 Å². The molecule has 0 aliphatic rings. The molecule has 35 heavy (non-hydrogen) atoms. The second-order valence-corrected chi connectivity index (χ2v) is 15.4. The second-order valence-electron chi connectivity index (χ2n) is 10.7. The molecule has 0 atom stereocenters. The van der Waals surface area contributed by atoms with Crippen molar-refractivity contribution in [2.45, 2.75) is 50.1 Å². The van der Waals surface area contributed by atoms with Crippen LogP contribution in [0.25, 0.3) is 0 Å². The predicted molar refractivity (Wildman–Crippen MR) is 148 cm³/mol. The van der Waals surface area contributed by atoms with Crippen LogP contribution in [0.15, 0.2) is 121 Å². The molecule has 4 rings (SSSR count). The fraction of sp³-hybridized carbons (Fsp3) is 0.250. The van der Waals surface area contributed by atoms with Crippen LogP contribution in [0.1, 0.15) is 43.0 Å². The summed E-state index contributed by atoms with van der Waals surface area (Å²) in [6, 6.07) is 40.4. The van der Waals surface area contributed by atoms with Crippen molar-refractivity contribution in [1.82, 2.24) is 0 Å². The molecule has 0 radical (unpaired) electrons. The first-order valence-electron chi connectivity index (χ1n) is 12.3. The summed E-state index contributed by atoms with van der Waals surface area (Å²) in [6.45, 7) is 11.2. The molecule has 0 saturated carbocycles. The van der Waals surface area contributed by atoms with Gasteiger partial charge in [0, 0.05) is 0 Å². The third kappa shape index (κ3) is 4.40. The maximum Gasteiger partial charge on any atom is 0.193 e. The fourth-order valence-corrected chi connectivity index (χ4v) is 6.04. The molecule has 0 aliphatic carbocycles. The Labute approximate surface area is 211 Å². The lowest BCUT2D eigenvalue weighted by Gasteiger charge is -2.54. The number of hydrogen-bond acceptors (Lipinski definition) is 2. The van der Waals surface area contributed by atoms with E-state index in [9.17, 15) is 5.11 Å². The average Bonchev–Trinajstić information content (AvgIpc) is 2.88. The molecule has 0 aromatic heterocycles. The van der Waals surface area contributed by atoms with Gasteiger partial charge in [-0.1, -0.05) is 142 Å². The summed E-state index contributed by atoms with van der Waals surface area (Å²) in [5.74, 6) is 0. The molecule has 0 bridgehead atoms. The molecule has 0 unspecified atom stereocenters. The number of hydrogen-bond donors (Lipinski definition) is 1. The van der Waals surface area contributed by atoms with Crippen LogP contribution >= 0.6 is 0 Å². The molecule has 4 aromatic carbocycles. The monoisotopic (exact) mass is 480 g/mol. The Balaban J connectivity index is 2.19. The minimum absolute atomic E-state index is 0.0733. The van der Waals surface area contributed by atoms with Gasteiger partial charge < -0.3 is 9.53 Å². The van der Waals surface area contributed by atoms with Crippen molar-refractivity contribution in [3.05, 3.63) is 144 Å². The molecule has 3 heteroatoms. The van der Waals surface area contributed by atoms with Crippen molar-refractivity contribution in [1.29, 1.82) is 0 Å². The molecule has 0 aliphatic heterocycles. The third-order valence-corrected chi connectivity index (χ3v) is 11.9. The van der Waals surface area contributed by atoms with Gasteiger partial charge in [-0.15, -0.1) is 0 Å². The first-order chi connectivity index (χ1) is 16.6. The molecule has 0 amide bonds. The minimum Gasteiger partial charge on any atom is -0.400 e. The molecule has 0 heterocycles. The van der Waals surface area contributed by atoms with Crippen LogP contribution in [0.2, 0.25) is 18.1 Å². The van der Waals surface area contributed by atoms with E-state index in [1.165, 1.54) is 0 Å². The largest absolute Gasteiger partial charge is 0.400 e. The van der Waals surface area contributed by atoms with Crippen molar-refractivity contribution in [2.75, 3.05) is 0 Å². The highest BCUT2D eigenvalue weighted by Crippen LogP contribution is 2.55. The van der Waals surface area contributed by atoms with Crippen molar-refractivity contribution >= 4 is 8.32 Å². The standard InChI is InChI=1S/C32H36O2Si/c1-30(2,3)35(4,5)34-32(28-22-14-8-15-23-28,29-24-16-9-17-25-29)31(33,26-18-10-6-11-19-26)27-20-12-7-13-21-27/h6-25,33H,1-5H3. The van der Waals surface area contributed by atoms with Gasteiger partial charge in [-0.3, -0.25) is 0 Å². The summed E-state index contributed by atoms with van der Waals surface area (Å²) in [4.78, 5) is 0.